The highest BCUT2D eigenvalue weighted by molar-refractivity contribution is 9.10. The van der Waals surface area contributed by atoms with Gasteiger partial charge in [0.05, 0.1) is 5.52 Å². The average Bonchev–Trinajstić information content (AvgIpc) is 2.39. The third-order valence-corrected chi connectivity index (χ3v) is 4.10. The summed E-state index contributed by atoms with van der Waals surface area (Å²) in [6, 6.07) is 2.22. The van der Waals surface area contributed by atoms with Crippen LogP contribution in [0.25, 0.3) is 10.9 Å². The van der Waals surface area contributed by atoms with Gasteiger partial charge in [-0.2, -0.15) is 0 Å². The van der Waals surface area contributed by atoms with Crippen molar-refractivity contribution in [3.63, 3.8) is 0 Å². The minimum Gasteiger partial charge on any atom is -0.507 e. The molecule has 0 bridgehead atoms. The lowest BCUT2D eigenvalue weighted by molar-refractivity contribution is -0.135. The molecule has 2 heterocycles. The van der Waals surface area contributed by atoms with E-state index in [2.05, 4.69) is 26.2 Å². The summed E-state index contributed by atoms with van der Waals surface area (Å²) < 4.78 is 1.83. The fraction of sp³-hybridized carbons (Fsp3) is 0.286. The molecule has 0 radical (unpaired) electrons. The molecule has 2 amide bonds. The van der Waals surface area contributed by atoms with E-state index in [4.69, 9.17) is 0 Å². The zero-order chi connectivity index (χ0) is 16.0. The maximum atomic E-state index is 12.7. The Kier molecular flexibility index (Phi) is 3.48. The first-order valence-corrected chi connectivity index (χ1v) is 7.43. The summed E-state index contributed by atoms with van der Waals surface area (Å²) in [7, 11) is 0. The third kappa shape index (κ3) is 2.29. The number of imide groups is 1. The van der Waals surface area contributed by atoms with Gasteiger partial charge in [0.2, 0.25) is 11.8 Å². The van der Waals surface area contributed by atoms with E-state index in [1.165, 1.54) is 10.6 Å². The van der Waals surface area contributed by atoms with Crippen LogP contribution in [0.1, 0.15) is 24.7 Å². The molecule has 0 saturated carbocycles. The van der Waals surface area contributed by atoms with Crippen LogP contribution in [-0.2, 0) is 9.59 Å². The number of nitrogens with one attached hydrogen (secondary N) is 1. The molecule has 8 heteroatoms. The predicted octanol–water partition coefficient (Wildman–Crippen LogP) is 1.15. The Bertz CT molecular complexity index is 874. The number of phenols is 1. The Morgan fingerprint density at radius 3 is 2.77 bits per heavy atom. The van der Waals surface area contributed by atoms with Crippen LogP contribution in [0.15, 0.2) is 21.4 Å². The highest BCUT2D eigenvalue weighted by atomic mass is 79.9. The van der Waals surface area contributed by atoms with E-state index in [0.717, 1.165) is 0 Å². The first-order valence-electron chi connectivity index (χ1n) is 6.63. The first kappa shape index (κ1) is 14.7. The van der Waals surface area contributed by atoms with Crippen LogP contribution in [0.4, 0.5) is 0 Å². The summed E-state index contributed by atoms with van der Waals surface area (Å²) in [6.07, 6.45) is 0.391. The van der Waals surface area contributed by atoms with E-state index >= 15 is 0 Å². The van der Waals surface area contributed by atoms with Crippen molar-refractivity contribution < 1.29 is 14.7 Å². The van der Waals surface area contributed by atoms with Crippen LogP contribution in [0, 0.1) is 6.92 Å². The Morgan fingerprint density at radius 1 is 1.36 bits per heavy atom. The van der Waals surface area contributed by atoms with Crippen molar-refractivity contribution in [2.24, 2.45) is 0 Å². The van der Waals surface area contributed by atoms with Crippen molar-refractivity contribution >= 4 is 38.6 Å². The van der Waals surface area contributed by atoms with E-state index in [0.29, 0.717) is 15.8 Å². The van der Waals surface area contributed by atoms with E-state index in [1.807, 2.05) is 0 Å². The van der Waals surface area contributed by atoms with Crippen molar-refractivity contribution in [2.75, 3.05) is 0 Å². The molecule has 1 fully saturated rings. The average molecular weight is 366 g/mol. The van der Waals surface area contributed by atoms with E-state index in [1.54, 1.807) is 13.0 Å². The van der Waals surface area contributed by atoms with Crippen molar-refractivity contribution in [2.45, 2.75) is 25.8 Å². The molecule has 0 spiro atoms. The summed E-state index contributed by atoms with van der Waals surface area (Å²) in [4.78, 5) is 40.2. The summed E-state index contributed by atoms with van der Waals surface area (Å²) in [5.41, 5.74) is -0.153. The molecule has 2 N–H and O–H groups in total. The van der Waals surface area contributed by atoms with Crippen molar-refractivity contribution in [3.8, 4) is 5.75 Å². The Labute approximate surface area is 133 Å². The molecule has 0 aliphatic carbocycles. The fourth-order valence-electron chi connectivity index (χ4n) is 2.68. The molecule has 1 aromatic heterocycles. The number of halogens is 1. The zero-order valence-corrected chi connectivity index (χ0v) is 13.2. The van der Waals surface area contributed by atoms with Crippen LogP contribution < -0.4 is 10.9 Å². The number of carbonyl (C=O) groups is 2. The summed E-state index contributed by atoms with van der Waals surface area (Å²) in [5.74, 6) is -0.737. The number of fused-ring (bicyclic) bond motifs is 1. The van der Waals surface area contributed by atoms with Crippen molar-refractivity contribution in [1.82, 2.24) is 14.9 Å². The van der Waals surface area contributed by atoms with Gasteiger partial charge in [0, 0.05) is 10.9 Å². The number of nitrogens with zero attached hydrogens (tertiary/aromatic N) is 2. The molecular formula is C14H12BrN3O4. The number of aromatic nitrogens is 2. The fourth-order valence-corrected chi connectivity index (χ4v) is 3.11. The highest BCUT2D eigenvalue weighted by Crippen LogP contribution is 2.27. The second-order valence-corrected chi connectivity index (χ2v) is 6.04. The number of aromatic hydroxyl groups is 1. The van der Waals surface area contributed by atoms with Crippen molar-refractivity contribution in [1.29, 1.82) is 0 Å². The molecule has 22 heavy (non-hydrogen) atoms. The van der Waals surface area contributed by atoms with Gasteiger partial charge in [0.25, 0.3) is 5.56 Å². The number of hydrogen-bond donors (Lipinski definition) is 2. The molecule has 1 aromatic carbocycles. The molecule has 114 valence electrons. The highest BCUT2D eigenvalue weighted by Gasteiger charge is 2.30. The zero-order valence-electron chi connectivity index (χ0n) is 11.6. The minimum atomic E-state index is -0.801. The second-order valence-electron chi connectivity index (χ2n) is 5.12. The smallest absolute Gasteiger partial charge is 0.265 e. The molecule has 7 nitrogen and oxygen atoms in total. The standard InChI is InChI=1S/C14H12BrN3O4/c1-6-16-8-4-7(15)5-10(19)12(8)14(22)18(6)9-2-3-11(20)17-13(9)21/h4-5,9,19H,2-3H2,1H3,(H,17,20,21)/t9-/m0/s1. The summed E-state index contributed by atoms with van der Waals surface area (Å²) in [6.45, 7) is 1.61. The molecule has 1 aliphatic rings. The number of benzene rings is 1. The SMILES string of the molecule is Cc1nc2cc(Br)cc(O)c2c(=O)n1[C@H]1CCC(=O)NC1=O. The van der Waals surface area contributed by atoms with Crippen LogP contribution in [-0.4, -0.2) is 26.5 Å². The maximum Gasteiger partial charge on any atom is 0.265 e. The van der Waals surface area contributed by atoms with Gasteiger partial charge in [-0.1, -0.05) is 15.9 Å². The number of aryl methyl sites for hydroxylation is 1. The van der Waals surface area contributed by atoms with Crippen LogP contribution in [0.3, 0.4) is 0 Å². The lowest BCUT2D eigenvalue weighted by Crippen LogP contribution is -2.45. The Morgan fingerprint density at radius 2 is 2.09 bits per heavy atom. The lowest BCUT2D eigenvalue weighted by atomic mass is 10.1. The van der Waals surface area contributed by atoms with Gasteiger partial charge in [0.15, 0.2) is 0 Å². The van der Waals surface area contributed by atoms with Crippen molar-refractivity contribution in [3.05, 3.63) is 32.8 Å². The van der Waals surface area contributed by atoms with Crippen LogP contribution in [0.5, 0.6) is 5.75 Å². The van der Waals surface area contributed by atoms with Gasteiger partial charge in [-0.15, -0.1) is 0 Å². The van der Waals surface area contributed by atoms with Gasteiger partial charge < -0.3 is 5.11 Å². The molecule has 1 saturated heterocycles. The summed E-state index contributed by atoms with van der Waals surface area (Å²) in [5, 5.41) is 12.3. The van der Waals surface area contributed by atoms with E-state index in [-0.39, 0.29) is 29.9 Å². The van der Waals surface area contributed by atoms with E-state index < -0.39 is 17.5 Å². The topological polar surface area (TPSA) is 101 Å². The number of piperidine rings is 1. The van der Waals surface area contributed by atoms with Gasteiger partial charge in [-0.3, -0.25) is 24.3 Å². The monoisotopic (exact) mass is 365 g/mol. The van der Waals surface area contributed by atoms with Gasteiger partial charge in [-0.25, -0.2) is 4.98 Å². The molecular weight excluding hydrogens is 354 g/mol. The lowest BCUT2D eigenvalue weighted by Gasteiger charge is -2.24. The molecule has 3 rings (SSSR count). The Balaban J connectivity index is 2.25. The quantitative estimate of drug-likeness (QED) is 0.738. The number of carbonyl (C=O) groups excluding carboxylic acids is 2. The molecule has 0 unspecified atom stereocenters. The largest absolute Gasteiger partial charge is 0.507 e. The van der Waals surface area contributed by atoms with Gasteiger partial charge in [0.1, 0.15) is 23.0 Å². The number of rotatable bonds is 1. The molecule has 1 atom stereocenters. The van der Waals surface area contributed by atoms with Crippen LogP contribution >= 0.6 is 15.9 Å². The van der Waals surface area contributed by atoms with E-state index in [9.17, 15) is 19.5 Å². The molecule has 1 aliphatic heterocycles. The predicted molar refractivity (Wildman–Crippen MR) is 81.5 cm³/mol. The number of phenolic OH excluding ortho intramolecular Hbond substituents is 1. The number of amides is 2. The maximum absolute atomic E-state index is 12.7. The second kappa shape index (κ2) is 5.20. The third-order valence-electron chi connectivity index (χ3n) is 3.65. The molecule has 2 aromatic rings. The Hall–Kier alpha value is -2.22. The number of hydrogen-bond acceptors (Lipinski definition) is 5. The minimum absolute atomic E-state index is 0.0542. The summed E-state index contributed by atoms with van der Waals surface area (Å²) >= 11 is 3.23. The van der Waals surface area contributed by atoms with Crippen LogP contribution in [0.2, 0.25) is 0 Å². The first-order chi connectivity index (χ1) is 10.4. The normalized spacial score (nSPS) is 18.5. The van der Waals surface area contributed by atoms with Gasteiger partial charge in [-0.05, 0) is 25.5 Å². The van der Waals surface area contributed by atoms with Gasteiger partial charge >= 0.3 is 0 Å².